The summed E-state index contributed by atoms with van der Waals surface area (Å²) in [6.45, 7) is 9.93. The van der Waals surface area contributed by atoms with E-state index in [1.165, 1.54) is 0 Å². The Kier molecular flexibility index (Phi) is 4.31. The van der Waals surface area contributed by atoms with Crippen molar-refractivity contribution in [3.8, 4) is 0 Å². The van der Waals surface area contributed by atoms with Crippen LogP contribution in [0.3, 0.4) is 0 Å². The van der Waals surface area contributed by atoms with Crippen LogP contribution in [0.15, 0.2) is 18.7 Å². The van der Waals surface area contributed by atoms with Crippen molar-refractivity contribution in [1.29, 1.82) is 0 Å². The smallest absolute Gasteiger partial charge is 0.147 e. The van der Waals surface area contributed by atoms with E-state index in [9.17, 15) is 0 Å². The summed E-state index contributed by atoms with van der Waals surface area (Å²) in [7, 11) is 0. The Morgan fingerprint density at radius 2 is 1.95 bits per heavy atom. The molecule has 0 fully saturated rings. The van der Waals surface area contributed by atoms with Crippen LogP contribution in [0.25, 0.3) is 0 Å². The lowest BCUT2D eigenvalue weighted by molar-refractivity contribution is 0.488. The number of nitrogens with zero attached hydrogens (tertiary/aromatic N) is 5. The van der Waals surface area contributed by atoms with Crippen molar-refractivity contribution in [1.82, 2.24) is 29.6 Å². The summed E-state index contributed by atoms with van der Waals surface area (Å²) >= 11 is 0. The molecule has 0 aromatic carbocycles. The highest BCUT2D eigenvalue weighted by atomic mass is 15.4. The Morgan fingerprint density at radius 1 is 1.16 bits per heavy atom. The SMILES string of the molecule is CC(C)NCc1nccn1Cc1ncnn1C(C)C. The molecule has 0 aliphatic heterocycles. The lowest BCUT2D eigenvalue weighted by atomic mass is 10.4. The molecule has 0 spiro atoms. The van der Waals surface area contributed by atoms with Gasteiger partial charge >= 0.3 is 0 Å². The molecule has 0 bridgehead atoms. The second-order valence-corrected chi connectivity index (χ2v) is 5.22. The minimum Gasteiger partial charge on any atom is -0.326 e. The Labute approximate surface area is 113 Å². The molecule has 0 atom stereocenters. The molecule has 2 aromatic heterocycles. The second kappa shape index (κ2) is 5.97. The van der Waals surface area contributed by atoms with Crippen molar-refractivity contribution in [2.45, 2.75) is 52.9 Å². The monoisotopic (exact) mass is 262 g/mol. The first-order valence-electron chi connectivity index (χ1n) is 6.69. The van der Waals surface area contributed by atoms with E-state index in [0.29, 0.717) is 18.6 Å². The van der Waals surface area contributed by atoms with Gasteiger partial charge in [0, 0.05) is 24.5 Å². The van der Waals surface area contributed by atoms with Crippen LogP contribution in [0.1, 0.15) is 45.4 Å². The fourth-order valence-electron chi connectivity index (χ4n) is 1.92. The first-order valence-corrected chi connectivity index (χ1v) is 6.69. The van der Waals surface area contributed by atoms with Gasteiger partial charge < -0.3 is 9.88 Å². The molecular formula is C13H22N6. The number of aromatic nitrogens is 5. The van der Waals surface area contributed by atoms with Crippen LogP contribution in [0.2, 0.25) is 0 Å². The third kappa shape index (κ3) is 3.41. The summed E-state index contributed by atoms with van der Waals surface area (Å²) in [6, 6.07) is 0.766. The predicted molar refractivity (Wildman–Crippen MR) is 73.7 cm³/mol. The van der Waals surface area contributed by atoms with Crippen molar-refractivity contribution < 1.29 is 0 Å². The molecule has 19 heavy (non-hydrogen) atoms. The molecule has 0 aliphatic rings. The van der Waals surface area contributed by atoms with Gasteiger partial charge in [-0.3, -0.25) is 0 Å². The van der Waals surface area contributed by atoms with Gasteiger partial charge in [-0.25, -0.2) is 14.6 Å². The first-order chi connectivity index (χ1) is 9.08. The zero-order valence-electron chi connectivity index (χ0n) is 12.0. The number of rotatable bonds is 6. The minimum atomic E-state index is 0.318. The van der Waals surface area contributed by atoms with E-state index in [1.54, 1.807) is 6.33 Å². The van der Waals surface area contributed by atoms with E-state index in [-0.39, 0.29) is 0 Å². The lowest BCUT2D eigenvalue weighted by Gasteiger charge is -2.12. The van der Waals surface area contributed by atoms with Gasteiger partial charge in [-0.2, -0.15) is 5.10 Å². The molecule has 1 N–H and O–H groups in total. The molecule has 0 aliphatic carbocycles. The van der Waals surface area contributed by atoms with E-state index >= 15 is 0 Å². The van der Waals surface area contributed by atoms with Gasteiger partial charge in [-0.15, -0.1) is 0 Å². The summed E-state index contributed by atoms with van der Waals surface area (Å²) < 4.78 is 4.05. The highest BCUT2D eigenvalue weighted by molar-refractivity contribution is 4.97. The van der Waals surface area contributed by atoms with E-state index in [0.717, 1.165) is 18.2 Å². The normalized spacial score (nSPS) is 11.7. The van der Waals surface area contributed by atoms with Crippen molar-refractivity contribution in [2.24, 2.45) is 0 Å². The van der Waals surface area contributed by atoms with Gasteiger partial charge in [-0.05, 0) is 13.8 Å². The molecule has 6 nitrogen and oxygen atoms in total. The fourth-order valence-corrected chi connectivity index (χ4v) is 1.92. The number of nitrogens with one attached hydrogen (secondary N) is 1. The first kappa shape index (κ1) is 13.7. The topological polar surface area (TPSA) is 60.6 Å². The Hall–Kier alpha value is -1.69. The number of imidazole rings is 1. The Bertz CT molecular complexity index is 511. The molecule has 2 aromatic rings. The number of hydrogen-bond donors (Lipinski definition) is 1. The van der Waals surface area contributed by atoms with Gasteiger partial charge in [0.25, 0.3) is 0 Å². The summed E-state index contributed by atoms with van der Waals surface area (Å²) in [4.78, 5) is 8.72. The van der Waals surface area contributed by atoms with Crippen molar-refractivity contribution in [2.75, 3.05) is 0 Å². The molecule has 0 radical (unpaired) electrons. The maximum Gasteiger partial charge on any atom is 0.147 e. The van der Waals surface area contributed by atoms with Crippen LogP contribution in [-0.2, 0) is 13.1 Å². The molecule has 2 rings (SSSR count). The Balaban J connectivity index is 2.10. The molecular weight excluding hydrogens is 240 g/mol. The summed E-state index contributed by atoms with van der Waals surface area (Å²) in [5.74, 6) is 1.98. The van der Waals surface area contributed by atoms with Crippen LogP contribution in [-0.4, -0.2) is 30.4 Å². The van der Waals surface area contributed by atoms with Crippen LogP contribution in [0.4, 0.5) is 0 Å². The molecule has 104 valence electrons. The van der Waals surface area contributed by atoms with Crippen LogP contribution < -0.4 is 5.32 Å². The van der Waals surface area contributed by atoms with Gasteiger partial charge in [0.1, 0.15) is 18.0 Å². The quantitative estimate of drug-likeness (QED) is 0.859. The standard InChI is InChI=1S/C13H22N6/c1-10(2)15-7-12-14-5-6-18(12)8-13-16-9-17-19(13)11(3)4/h5-6,9-11,15H,7-8H2,1-4H3. The summed E-state index contributed by atoms with van der Waals surface area (Å²) in [5, 5.41) is 7.64. The van der Waals surface area contributed by atoms with Gasteiger partial charge in [0.2, 0.25) is 0 Å². The van der Waals surface area contributed by atoms with Gasteiger partial charge in [-0.1, -0.05) is 13.8 Å². The fraction of sp³-hybridized carbons (Fsp3) is 0.615. The largest absolute Gasteiger partial charge is 0.326 e. The van der Waals surface area contributed by atoms with E-state index in [2.05, 4.69) is 52.6 Å². The van der Waals surface area contributed by atoms with Gasteiger partial charge in [0.05, 0.1) is 13.1 Å². The van der Waals surface area contributed by atoms with Crippen molar-refractivity contribution in [3.63, 3.8) is 0 Å². The van der Waals surface area contributed by atoms with Crippen LogP contribution in [0.5, 0.6) is 0 Å². The molecule has 0 unspecified atom stereocenters. The van der Waals surface area contributed by atoms with Crippen LogP contribution >= 0.6 is 0 Å². The third-order valence-electron chi connectivity index (χ3n) is 2.92. The predicted octanol–water partition coefficient (Wildman–Crippen LogP) is 1.60. The second-order valence-electron chi connectivity index (χ2n) is 5.22. The minimum absolute atomic E-state index is 0.318. The van der Waals surface area contributed by atoms with E-state index in [1.807, 2.05) is 17.1 Å². The zero-order valence-corrected chi connectivity index (χ0v) is 12.0. The molecule has 0 saturated heterocycles. The highest BCUT2D eigenvalue weighted by Gasteiger charge is 2.10. The maximum atomic E-state index is 4.39. The van der Waals surface area contributed by atoms with E-state index < -0.39 is 0 Å². The van der Waals surface area contributed by atoms with Gasteiger partial charge in [0.15, 0.2) is 0 Å². The molecule has 0 amide bonds. The molecule has 2 heterocycles. The van der Waals surface area contributed by atoms with Crippen molar-refractivity contribution in [3.05, 3.63) is 30.4 Å². The Morgan fingerprint density at radius 3 is 2.63 bits per heavy atom. The molecule has 0 saturated carbocycles. The maximum absolute atomic E-state index is 4.39. The summed E-state index contributed by atoms with van der Waals surface area (Å²) in [5.41, 5.74) is 0. The highest BCUT2D eigenvalue weighted by Crippen LogP contribution is 2.08. The lowest BCUT2D eigenvalue weighted by Crippen LogP contribution is -2.24. The average Bonchev–Trinajstić information content (AvgIpc) is 2.96. The summed E-state index contributed by atoms with van der Waals surface area (Å²) in [6.07, 6.45) is 5.42. The molecule has 6 heteroatoms. The number of hydrogen-bond acceptors (Lipinski definition) is 4. The van der Waals surface area contributed by atoms with Crippen molar-refractivity contribution >= 4 is 0 Å². The average molecular weight is 262 g/mol. The van der Waals surface area contributed by atoms with E-state index in [4.69, 9.17) is 0 Å². The zero-order chi connectivity index (χ0) is 13.8. The third-order valence-corrected chi connectivity index (χ3v) is 2.92. The van der Waals surface area contributed by atoms with Crippen LogP contribution in [0, 0.1) is 0 Å².